The van der Waals surface area contributed by atoms with Gasteiger partial charge in [-0.3, -0.25) is 9.59 Å². The summed E-state index contributed by atoms with van der Waals surface area (Å²) in [5.74, 6) is -1.59. The Morgan fingerprint density at radius 2 is 1.21 bits per heavy atom. The Balaban J connectivity index is 3.63. The van der Waals surface area contributed by atoms with E-state index in [0.717, 1.165) is 19.3 Å². The topological polar surface area (TPSA) is 105 Å². The summed E-state index contributed by atoms with van der Waals surface area (Å²) in [4.78, 5) is 35.3. The number of rotatable bonds is 25. The maximum atomic E-state index is 12.1. The summed E-state index contributed by atoms with van der Waals surface area (Å²) in [5.41, 5.74) is 0. The highest BCUT2D eigenvalue weighted by molar-refractivity contribution is 5.84. The molecule has 0 aromatic rings. The van der Waals surface area contributed by atoms with E-state index in [0.29, 0.717) is 26.2 Å². The number of carboxylic acid groups (broad SMARTS) is 1. The van der Waals surface area contributed by atoms with E-state index < -0.39 is 12.0 Å². The fourth-order valence-corrected chi connectivity index (χ4v) is 3.95. The quantitative estimate of drug-likeness (QED) is 0.143. The van der Waals surface area contributed by atoms with Gasteiger partial charge >= 0.3 is 5.97 Å². The van der Waals surface area contributed by atoms with E-state index >= 15 is 0 Å². The zero-order valence-electron chi connectivity index (χ0n) is 22.0. The van der Waals surface area contributed by atoms with Gasteiger partial charge in [0, 0.05) is 26.0 Å². The summed E-state index contributed by atoms with van der Waals surface area (Å²) in [5, 5.41) is 14.6. The number of carbonyl (C=O) groups excluding carboxylic acids is 2. The third-order valence-corrected chi connectivity index (χ3v) is 6.07. The van der Waals surface area contributed by atoms with Crippen molar-refractivity contribution in [1.82, 2.24) is 10.6 Å². The van der Waals surface area contributed by atoms with Gasteiger partial charge < -0.3 is 20.5 Å². The van der Waals surface area contributed by atoms with Gasteiger partial charge in [-0.15, -0.1) is 0 Å². The molecule has 0 unspecified atom stereocenters. The standard InChI is InChI=1S/C27H52N2O5/c1-3-5-6-7-8-9-10-11-12-13-14-15-16-17-18-19-26(31)29-24(27(32)33)20-21-25(30)28-22-23-34-4-2/h24H,3-23H2,1-2H3,(H,28,30)(H,29,31)(H,32,33)/t24-/m0/s1. The molecule has 0 aliphatic heterocycles. The Labute approximate surface area is 208 Å². The fourth-order valence-electron chi connectivity index (χ4n) is 3.95. The van der Waals surface area contributed by atoms with Crippen LogP contribution in [-0.4, -0.2) is 48.7 Å². The number of hydrogen-bond acceptors (Lipinski definition) is 4. The van der Waals surface area contributed by atoms with Crippen LogP contribution >= 0.6 is 0 Å². The molecule has 7 heteroatoms. The van der Waals surface area contributed by atoms with E-state index in [4.69, 9.17) is 4.74 Å². The summed E-state index contributed by atoms with van der Waals surface area (Å²) < 4.78 is 5.14. The third-order valence-electron chi connectivity index (χ3n) is 6.07. The van der Waals surface area contributed by atoms with E-state index in [1.165, 1.54) is 77.0 Å². The maximum Gasteiger partial charge on any atom is 0.326 e. The molecule has 0 radical (unpaired) electrons. The monoisotopic (exact) mass is 484 g/mol. The molecule has 0 aromatic carbocycles. The van der Waals surface area contributed by atoms with Crippen molar-refractivity contribution in [2.24, 2.45) is 0 Å². The SMILES string of the molecule is CCCCCCCCCCCCCCCCCC(=O)N[C@@H](CCC(=O)NCCOCC)C(=O)O. The predicted molar refractivity (Wildman–Crippen MR) is 138 cm³/mol. The van der Waals surface area contributed by atoms with Gasteiger partial charge in [0.05, 0.1) is 6.61 Å². The normalized spacial score (nSPS) is 11.8. The highest BCUT2D eigenvalue weighted by Gasteiger charge is 2.20. The highest BCUT2D eigenvalue weighted by Crippen LogP contribution is 2.13. The second-order valence-corrected chi connectivity index (χ2v) is 9.24. The largest absolute Gasteiger partial charge is 0.480 e. The average molecular weight is 485 g/mol. The van der Waals surface area contributed by atoms with Crippen molar-refractivity contribution in [2.75, 3.05) is 19.8 Å². The molecule has 0 heterocycles. The Kier molecular flexibility index (Phi) is 23.3. The molecule has 1 atom stereocenters. The lowest BCUT2D eigenvalue weighted by molar-refractivity contribution is -0.142. The number of carboxylic acids is 1. The van der Waals surface area contributed by atoms with Gasteiger partial charge in [0.25, 0.3) is 0 Å². The molecule has 0 bridgehead atoms. The lowest BCUT2D eigenvalue weighted by Gasteiger charge is -2.14. The Morgan fingerprint density at radius 3 is 1.68 bits per heavy atom. The van der Waals surface area contributed by atoms with Crippen molar-refractivity contribution in [1.29, 1.82) is 0 Å². The molecule has 0 aliphatic rings. The zero-order valence-corrected chi connectivity index (χ0v) is 22.0. The minimum Gasteiger partial charge on any atom is -0.480 e. The van der Waals surface area contributed by atoms with Crippen molar-refractivity contribution >= 4 is 17.8 Å². The molecule has 2 amide bonds. The van der Waals surface area contributed by atoms with Crippen LogP contribution in [0.1, 0.15) is 129 Å². The maximum absolute atomic E-state index is 12.1. The number of ether oxygens (including phenoxy) is 1. The van der Waals surface area contributed by atoms with Crippen molar-refractivity contribution < 1.29 is 24.2 Å². The van der Waals surface area contributed by atoms with Gasteiger partial charge in [0.15, 0.2) is 0 Å². The first-order valence-electron chi connectivity index (χ1n) is 13.9. The average Bonchev–Trinajstić information content (AvgIpc) is 2.81. The fraction of sp³-hybridized carbons (Fsp3) is 0.889. The summed E-state index contributed by atoms with van der Waals surface area (Å²) in [6.07, 6.45) is 19.5. The minimum atomic E-state index is -1.10. The van der Waals surface area contributed by atoms with E-state index in [-0.39, 0.29) is 24.7 Å². The van der Waals surface area contributed by atoms with Crippen LogP contribution in [0.2, 0.25) is 0 Å². The summed E-state index contributed by atoms with van der Waals surface area (Å²) in [6.45, 7) is 5.55. The second kappa shape index (κ2) is 24.5. The summed E-state index contributed by atoms with van der Waals surface area (Å²) in [6, 6.07) is -1.03. The first kappa shape index (κ1) is 32.4. The van der Waals surface area contributed by atoms with Crippen LogP contribution in [0, 0.1) is 0 Å². The number of amides is 2. The van der Waals surface area contributed by atoms with Crippen LogP contribution in [0.5, 0.6) is 0 Å². The number of hydrogen-bond donors (Lipinski definition) is 3. The molecule has 0 spiro atoms. The lowest BCUT2D eigenvalue weighted by Crippen LogP contribution is -2.41. The predicted octanol–water partition coefficient (Wildman–Crippen LogP) is 5.75. The Morgan fingerprint density at radius 1 is 0.706 bits per heavy atom. The Bertz CT molecular complexity index is 513. The van der Waals surface area contributed by atoms with Gasteiger partial charge in [0.2, 0.25) is 11.8 Å². The van der Waals surface area contributed by atoms with Gasteiger partial charge in [0.1, 0.15) is 6.04 Å². The van der Waals surface area contributed by atoms with Crippen molar-refractivity contribution in [3.05, 3.63) is 0 Å². The Hall–Kier alpha value is -1.63. The van der Waals surface area contributed by atoms with Crippen LogP contribution in [0.4, 0.5) is 0 Å². The van der Waals surface area contributed by atoms with Crippen molar-refractivity contribution in [2.45, 2.75) is 135 Å². The number of aliphatic carboxylic acids is 1. The van der Waals surface area contributed by atoms with Crippen molar-refractivity contribution in [3.63, 3.8) is 0 Å². The van der Waals surface area contributed by atoms with Crippen LogP contribution in [0.25, 0.3) is 0 Å². The molecule has 0 saturated heterocycles. The van der Waals surface area contributed by atoms with Crippen molar-refractivity contribution in [3.8, 4) is 0 Å². The van der Waals surface area contributed by atoms with Crippen LogP contribution in [0.15, 0.2) is 0 Å². The molecule has 7 nitrogen and oxygen atoms in total. The molecule has 0 aromatic heterocycles. The third kappa shape index (κ3) is 22.2. The van der Waals surface area contributed by atoms with Crippen LogP contribution in [-0.2, 0) is 19.1 Å². The zero-order chi connectivity index (χ0) is 25.3. The number of carbonyl (C=O) groups is 3. The molecule has 0 fully saturated rings. The summed E-state index contributed by atoms with van der Waals surface area (Å²) >= 11 is 0. The van der Waals surface area contributed by atoms with E-state index in [1.54, 1.807) is 0 Å². The van der Waals surface area contributed by atoms with E-state index in [2.05, 4.69) is 17.6 Å². The van der Waals surface area contributed by atoms with Crippen LogP contribution in [0.3, 0.4) is 0 Å². The molecular weight excluding hydrogens is 432 g/mol. The molecule has 0 saturated carbocycles. The molecule has 34 heavy (non-hydrogen) atoms. The first-order chi connectivity index (χ1) is 16.5. The van der Waals surface area contributed by atoms with Gasteiger partial charge in [-0.1, -0.05) is 96.8 Å². The minimum absolute atomic E-state index is 0.0579. The van der Waals surface area contributed by atoms with Gasteiger partial charge in [-0.25, -0.2) is 4.79 Å². The highest BCUT2D eigenvalue weighted by atomic mass is 16.5. The molecular formula is C27H52N2O5. The molecule has 0 rings (SSSR count). The lowest BCUT2D eigenvalue weighted by atomic mass is 10.0. The number of nitrogens with one attached hydrogen (secondary N) is 2. The smallest absolute Gasteiger partial charge is 0.326 e. The van der Waals surface area contributed by atoms with E-state index in [9.17, 15) is 19.5 Å². The summed E-state index contributed by atoms with van der Waals surface area (Å²) in [7, 11) is 0. The molecule has 200 valence electrons. The van der Waals surface area contributed by atoms with E-state index in [1.807, 2.05) is 6.92 Å². The first-order valence-corrected chi connectivity index (χ1v) is 13.9. The van der Waals surface area contributed by atoms with Gasteiger partial charge in [-0.2, -0.15) is 0 Å². The van der Waals surface area contributed by atoms with Crippen LogP contribution < -0.4 is 10.6 Å². The van der Waals surface area contributed by atoms with Gasteiger partial charge in [-0.05, 0) is 19.8 Å². The molecule has 0 aliphatic carbocycles. The molecule has 3 N–H and O–H groups in total. The number of unbranched alkanes of at least 4 members (excludes halogenated alkanes) is 14. The second-order valence-electron chi connectivity index (χ2n) is 9.24.